The van der Waals surface area contributed by atoms with Crippen LogP contribution in [0.1, 0.15) is 0 Å². The number of benzene rings is 6. The van der Waals surface area contributed by atoms with Crippen molar-refractivity contribution in [3.8, 4) is 0 Å². The van der Waals surface area contributed by atoms with E-state index in [9.17, 15) is 0 Å². The highest BCUT2D eigenvalue weighted by molar-refractivity contribution is 7.25. The molecule has 2 nitrogen and oxygen atoms in total. The Balaban J connectivity index is 1.35. The monoisotopic (exact) mass is 518 g/mol. The molecule has 0 spiro atoms. The summed E-state index contributed by atoms with van der Waals surface area (Å²) in [6, 6.07) is 56.0. The van der Waals surface area contributed by atoms with Crippen molar-refractivity contribution in [2.24, 2.45) is 0 Å². The quantitative estimate of drug-likeness (QED) is 0.216. The average Bonchev–Trinajstić information content (AvgIpc) is 3.37. The second-order valence-electron chi connectivity index (χ2n) is 9.48. The highest BCUT2D eigenvalue weighted by atomic mass is 32.1. The molecule has 1 aromatic heterocycles. The van der Waals surface area contributed by atoms with Gasteiger partial charge in [-0.1, -0.05) is 84.9 Å². The molecule has 0 saturated carbocycles. The summed E-state index contributed by atoms with van der Waals surface area (Å²) in [5.41, 5.74) is 6.89. The van der Waals surface area contributed by atoms with Crippen molar-refractivity contribution >= 4 is 65.6 Å². The molecule has 0 saturated heterocycles. The SMILES string of the molecule is c1ccc(N(c2ccccc2)c2ccc3c(c2)sc2cc(N(c4ccccc4)c4ccccc4)ccc23)cc1. The highest BCUT2D eigenvalue weighted by Crippen LogP contribution is 2.43. The van der Waals surface area contributed by atoms with Gasteiger partial charge in [-0.05, 0) is 72.8 Å². The topological polar surface area (TPSA) is 6.48 Å². The minimum atomic E-state index is 1.15. The van der Waals surface area contributed by atoms with Crippen LogP contribution in [0.25, 0.3) is 20.2 Å². The van der Waals surface area contributed by atoms with Crippen LogP contribution >= 0.6 is 11.3 Å². The fourth-order valence-corrected chi connectivity index (χ4v) is 6.41. The van der Waals surface area contributed by atoms with Gasteiger partial charge in [0.05, 0.1) is 0 Å². The Labute approximate surface area is 232 Å². The number of rotatable bonds is 6. The summed E-state index contributed by atoms with van der Waals surface area (Å²) in [4.78, 5) is 4.64. The van der Waals surface area contributed by atoms with Gasteiger partial charge in [-0.2, -0.15) is 0 Å². The molecule has 0 fully saturated rings. The van der Waals surface area contributed by atoms with Crippen molar-refractivity contribution < 1.29 is 0 Å². The largest absolute Gasteiger partial charge is 0.310 e. The Morgan fingerprint density at radius 3 is 0.923 bits per heavy atom. The second kappa shape index (κ2) is 10.1. The lowest BCUT2D eigenvalue weighted by atomic mass is 10.1. The Morgan fingerprint density at radius 2 is 0.615 bits per heavy atom. The summed E-state index contributed by atoms with van der Waals surface area (Å²) >= 11 is 1.85. The molecule has 39 heavy (non-hydrogen) atoms. The van der Waals surface area contributed by atoms with Crippen LogP contribution in [0.4, 0.5) is 34.1 Å². The molecule has 1 heterocycles. The maximum absolute atomic E-state index is 2.33. The Bertz CT molecular complexity index is 1630. The van der Waals surface area contributed by atoms with Gasteiger partial charge in [0.1, 0.15) is 0 Å². The molecule has 0 amide bonds. The Hall–Kier alpha value is -4.86. The molecular weight excluding hydrogens is 492 g/mol. The van der Waals surface area contributed by atoms with Gasteiger partial charge < -0.3 is 9.80 Å². The second-order valence-corrected chi connectivity index (χ2v) is 10.6. The van der Waals surface area contributed by atoms with Crippen LogP contribution < -0.4 is 9.80 Å². The summed E-state index contributed by atoms with van der Waals surface area (Å²) < 4.78 is 2.56. The number of fused-ring (bicyclic) bond motifs is 3. The van der Waals surface area contributed by atoms with Gasteiger partial charge in [0.15, 0.2) is 0 Å². The Kier molecular flexibility index (Phi) is 6.04. The molecule has 0 N–H and O–H groups in total. The summed E-state index contributed by atoms with van der Waals surface area (Å²) in [6.45, 7) is 0. The predicted octanol–water partition coefficient (Wildman–Crippen LogP) is 11.0. The number of para-hydroxylation sites is 4. The number of anilines is 6. The van der Waals surface area contributed by atoms with Gasteiger partial charge in [-0.25, -0.2) is 0 Å². The zero-order valence-corrected chi connectivity index (χ0v) is 22.1. The average molecular weight is 519 g/mol. The normalized spacial score (nSPS) is 11.1. The molecule has 0 unspecified atom stereocenters. The third-order valence-corrected chi connectivity index (χ3v) is 8.13. The van der Waals surface area contributed by atoms with E-state index in [1.54, 1.807) is 0 Å². The van der Waals surface area contributed by atoms with E-state index in [2.05, 4.69) is 168 Å². The molecule has 0 aliphatic heterocycles. The van der Waals surface area contributed by atoms with E-state index < -0.39 is 0 Å². The number of hydrogen-bond acceptors (Lipinski definition) is 3. The van der Waals surface area contributed by atoms with Crippen molar-refractivity contribution in [1.29, 1.82) is 0 Å². The third kappa shape index (κ3) is 4.43. The van der Waals surface area contributed by atoms with Crippen LogP contribution in [0.3, 0.4) is 0 Å². The number of hydrogen-bond donors (Lipinski definition) is 0. The van der Waals surface area contributed by atoms with Gasteiger partial charge in [0.25, 0.3) is 0 Å². The fourth-order valence-electron chi connectivity index (χ4n) is 5.24. The first-order valence-electron chi connectivity index (χ1n) is 13.1. The van der Waals surface area contributed by atoms with Gasteiger partial charge in [-0.3, -0.25) is 0 Å². The maximum atomic E-state index is 2.33. The van der Waals surface area contributed by atoms with Crippen molar-refractivity contribution in [3.05, 3.63) is 158 Å². The van der Waals surface area contributed by atoms with Gasteiger partial charge >= 0.3 is 0 Å². The first-order valence-corrected chi connectivity index (χ1v) is 13.9. The number of nitrogens with zero attached hydrogens (tertiary/aromatic N) is 2. The summed E-state index contributed by atoms with van der Waals surface area (Å²) in [6.07, 6.45) is 0. The lowest BCUT2D eigenvalue weighted by Gasteiger charge is -2.25. The highest BCUT2D eigenvalue weighted by Gasteiger charge is 2.16. The molecule has 6 aromatic carbocycles. The van der Waals surface area contributed by atoms with E-state index >= 15 is 0 Å². The molecule has 0 radical (unpaired) electrons. The fraction of sp³-hybridized carbons (Fsp3) is 0. The molecule has 0 bridgehead atoms. The Morgan fingerprint density at radius 1 is 0.308 bits per heavy atom. The molecule has 7 rings (SSSR count). The first-order chi connectivity index (χ1) is 19.3. The third-order valence-electron chi connectivity index (χ3n) is 7.01. The molecule has 0 atom stereocenters. The van der Waals surface area contributed by atoms with Crippen LogP contribution in [0.5, 0.6) is 0 Å². The van der Waals surface area contributed by atoms with Gasteiger partial charge in [0, 0.05) is 54.3 Å². The van der Waals surface area contributed by atoms with Crippen LogP contribution in [-0.4, -0.2) is 0 Å². The zero-order chi connectivity index (χ0) is 26.0. The first kappa shape index (κ1) is 23.3. The van der Waals surface area contributed by atoms with E-state index in [0.717, 1.165) is 34.1 Å². The maximum Gasteiger partial charge on any atom is 0.0476 e. The molecule has 7 aromatic rings. The van der Waals surface area contributed by atoms with E-state index in [1.165, 1.54) is 20.2 Å². The summed E-state index contributed by atoms with van der Waals surface area (Å²) in [5, 5.41) is 2.58. The van der Waals surface area contributed by atoms with Crippen molar-refractivity contribution in [2.45, 2.75) is 0 Å². The smallest absolute Gasteiger partial charge is 0.0476 e. The van der Waals surface area contributed by atoms with Crippen molar-refractivity contribution in [3.63, 3.8) is 0 Å². The van der Waals surface area contributed by atoms with Crippen LogP contribution in [-0.2, 0) is 0 Å². The molecular formula is C36H26N2S. The van der Waals surface area contributed by atoms with E-state index in [4.69, 9.17) is 0 Å². The summed E-state index contributed by atoms with van der Waals surface area (Å²) in [5.74, 6) is 0. The van der Waals surface area contributed by atoms with Crippen LogP contribution in [0.2, 0.25) is 0 Å². The molecule has 0 aliphatic carbocycles. The lowest BCUT2D eigenvalue weighted by molar-refractivity contribution is 1.29. The number of thiophene rings is 1. The molecule has 3 heteroatoms. The van der Waals surface area contributed by atoms with E-state index in [1.807, 2.05) is 11.3 Å². The zero-order valence-electron chi connectivity index (χ0n) is 21.3. The van der Waals surface area contributed by atoms with E-state index in [0.29, 0.717) is 0 Å². The molecule has 186 valence electrons. The minimum absolute atomic E-state index is 1.15. The van der Waals surface area contributed by atoms with Crippen LogP contribution in [0, 0.1) is 0 Å². The predicted molar refractivity (Wildman–Crippen MR) is 169 cm³/mol. The summed E-state index contributed by atoms with van der Waals surface area (Å²) in [7, 11) is 0. The standard InChI is InChI=1S/C36H26N2S/c1-5-13-27(14-6-1)37(28-15-7-2-8-16-28)31-21-23-33-34-24-22-32(26-36(34)39-35(33)25-31)38(29-17-9-3-10-18-29)30-19-11-4-12-20-30/h1-26H. The van der Waals surface area contributed by atoms with Crippen molar-refractivity contribution in [1.82, 2.24) is 0 Å². The van der Waals surface area contributed by atoms with Gasteiger partial charge in [0.2, 0.25) is 0 Å². The van der Waals surface area contributed by atoms with E-state index in [-0.39, 0.29) is 0 Å². The minimum Gasteiger partial charge on any atom is -0.310 e. The van der Waals surface area contributed by atoms with Crippen LogP contribution in [0.15, 0.2) is 158 Å². The molecule has 0 aliphatic rings. The van der Waals surface area contributed by atoms with Crippen molar-refractivity contribution in [2.75, 3.05) is 9.80 Å². The van der Waals surface area contributed by atoms with Gasteiger partial charge in [-0.15, -0.1) is 11.3 Å². The lowest BCUT2D eigenvalue weighted by Crippen LogP contribution is -2.09.